The minimum Gasteiger partial charge on any atom is -0.288 e. The number of rotatable bonds is 9. The van der Waals surface area contributed by atoms with E-state index in [2.05, 4.69) is 0 Å². The predicted octanol–water partition coefficient (Wildman–Crippen LogP) is 0.183. The molecule has 8 nitrogen and oxygen atoms in total. The molecule has 0 heterocycles. The molecule has 0 fully saturated rings. The molecule has 1 N–H and O–H groups in total. The van der Waals surface area contributed by atoms with Crippen LogP contribution in [0.4, 0.5) is 4.39 Å². The summed E-state index contributed by atoms with van der Waals surface area (Å²) in [6, 6.07) is 5.89. The van der Waals surface area contributed by atoms with Crippen LogP contribution >= 0.6 is 0 Å². The third-order valence-electron chi connectivity index (χ3n) is 3.08. The van der Waals surface area contributed by atoms with Crippen LogP contribution in [-0.2, 0) is 35.7 Å². The number of Topliss-reactive ketones (excluding diaryl/α,β-unsaturated/α-hetero) is 1. The first-order valence-electron chi connectivity index (χ1n) is 7.26. The fraction of sp³-hybridized carbons (Fsp3) is 0.400. The van der Waals surface area contributed by atoms with Crippen LogP contribution in [-0.4, -0.2) is 51.0 Å². The van der Waals surface area contributed by atoms with Crippen molar-refractivity contribution in [3.63, 3.8) is 0 Å². The van der Waals surface area contributed by atoms with Gasteiger partial charge in [0.1, 0.15) is 5.82 Å². The molecule has 138 valence electrons. The molecule has 25 heavy (non-hydrogen) atoms. The second kappa shape index (κ2) is 9.23. The molecule has 0 bridgehead atoms. The Morgan fingerprint density at radius 3 is 2.32 bits per heavy atom. The van der Waals surface area contributed by atoms with Crippen LogP contribution in [0.15, 0.2) is 24.3 Å². The smallest absolute Gasteiger partial charge is 0.288 e. The van der Waals surface area contributed by atoms with Gasteiger partial charge in [-0.25, -0.2) is 22.6 Å². The van der Waals surface area contributed by atoms with Gasteiger partial charge in [0.25, 0.3) is 5.91 Å². The summed E-state index contributed by atoms with van der Waals surface area (Å²) in [6.45, 7) is 0.147. The van der Waals surface area contributed by atoms with E-state index in [1.807, 2.05) is 0 Å². The van der Waals surface area contributed by atoms with Gasteiger partial charge in [0.2, 0.25) is 15.8 Å². The molecule has 0 aliphatic heterocycles. The maximum atomic E-state index is 12.8. The zero-order chi connectivity index (χ0) is 19.0. The van der Waals surface area contributed by atoms with E-state index in [0.717, 1.165) is 16.9 Å². The van der Waals surface area contributed by atoms with Crippen molar-refractivity contribution < 1.29 is 32.0 Å². The van der Waals surface area contributed by atoms with Gasteiger partial charge in [0, 0.05) is 6.54 Å². The molecule has 0 saturated heterocycles. The number of hydrogen-bond donors (Lipinski definition) is 1. The zero-order valence-corrected chi connectivity index (χ0v) is 14.6. The van der Waals surface area contributed by atoms with Crippen LogP contribution in [0.1, 0.15) is 18.4 Å². The number of benzene rings is 1. The standard InChI is InChI=1S/C15H19FN2O6S/c1-24-18(9-3-4-11-5-7-12(16)8-6-11)14(20)10-13(19)15(21)17-25(2,22)23/h5-8H,3-4,9-10H2,1-2H3,(H,17,21). The second-order valence-electron chi connectivity index (χ2n) is 5.21. The quantitative estimate of drug-likeness (QED) is 0.375. The fourth-order valence-corrected chi connectivity index (χ4v) is 2.38. The summed E-state index contributed by atoms with van der Waals surface area (Å²) in [5, 5.41) is 0.912. The largest absolute Gasteiger partial charge is 0.301 e. The first-order chi connectivity index (χ1) is 11.6. The Bertz CT molecular complexity index is 733. The molecule has 1 aromatic carbocycles. The second-order valence-corrected chi connectivity index (χ2v) is 6.96. The van der Waals surface area contributed by atoms with Gasteiger partial charge in [-0.05, 0) is 30.5 Å². The minimum absolute atomic E-state index is 0.147. The number of hydroxylamine groups is 2. The van der Waals surface area contributed by atoms with Gasteiger partial charge < -0.3 is 0 Å². The maximum Gasteiger partial charge on any atom is 0.301 e. The molecular weight excluding hydrogens is 355 g/mol. The van der Waals surface area contributed by atoms with Crippen molar-refractivity contribution in [1.82, 2.24) is 9.79 Å². The van der Waals surface area contributed by atoms with E-state index >= 15 is 0 Å². The van der Waals surface area contributed by atoms with Crippen LogP contribution in [0.25, 0.3) is 0 Å². The number of aryl methyl sites for hydroxylation is 1. The molecule has 0 unspecified atom stereocenters. The van der Waals surface area contributed by atoms with Crippen molar-refractivity contribution in [3.05, 3.63) is 35.6 Å². The van der Waals surface area contributed by atoms with Crippen molar-refractivity contribution in [2.45, 2.75) is 19.3 Å². The number of halogens is 1. The van der Waals surface area contributed by atoms with Gasteiger partial charge in [-0.1, -0.05) is 12.1 Å². The van der Waals surface area contributed by atoms with Gasteiger partial charge in [-0.3, -0.25) is 19.2 Å². The molecule has 1 aromatic rings. The van der Waals surface area contributed by atoms with Crippen LogP contribution in [0.2, 0.25) is 0 Å². The molecule has 1 rings (SSSR count). The van der Waals surface area contributed by atoms with Crippen molar-refractivity contribution in [2.75, 3.05) is 19.9 Å². The first-order valence-corrected chi connectivity index (χ1v) is 9.15. The molecule has 0 radical (unpaired) electrons. The first kappa shape index (κ1) is 20.7. The highest BCUT2D eigenvalue weighted by Crippen LogP contribution is 2.07. The highest BCUT2D eigenvalue weighted by Gasteiger charge is 2.24. The van der Waals surface area contributed by atoms with Crippen molar-refractivity contribution >= 4 is 27.6 Å². The lowest BCUT2D eigenvalue weighted by Gasteiger charge is -2.19. The molecule has 0 saturated carbocycles. The normalized spacial score (nSPS) is 11.0. The van der Waals surface area contributed by atoms with E-state index in [0.29, 0.717) is 12.8 Å². The van der Waals surface area contributed by atoms with Crippen LogP contribution in [0.5, 0.6) is 0 Å². The summed E-state index contributed by atoms with van der Waals surface area (Å²) in [5.74, 6) is -3.67. The summed E-state index contributed by atoms with van der Waals surface area (Å²) < 4.78 is 36.1. The average molecular weight is 374 g/mol. The Balaban J connectivity index is 2.49. The minimum atomic E-state index is -3.88. The number of amides is 2. The van der Waals surface area contributed by atoms with Gasteiger partial charge in [-0.2, -0.15) is 0 Å². The van der Waals surface area contributed by atoms with Gasteiger partial charge in [0.05, 0.1) is 19.8 Å². The summed E-state index contributed by atoms with van der Waals surface area (Å²) in [4.78, 5) is 39.7. The lowest BCUT2D eigenvalue weighted by Crippen LogP contribution is -2.39. The Morgan fingerprint density at radius 2 is 1.80 bits per heavy atom. The third kappa shape index (κ3) is 7.86. The van der Waals surface area contributed by atoms with Crippen LogP contribution in [0, 0.1) is 5.82 Å². The zero-order valence-electron chi connectivity index (χ0n) is 13.8. The number of hydrogen-bond acceptors (Lipinski definition) is 6. The Morgan fingerprint density at radius 1 is 1.20 bits per heavy atom. The number of nitrogens with one attached hydrogen (secondary N) is 1. The molecule has 0 atom stereocenters. The topological polar surface area (TPSA) is 110 Å². The molecule has 0 aromatic heterocycles. The Labute approximate surface area is 145 Å². The van der Waals surface area contributed by atoms with E-state index in [-0.39, 0.29) is 12.4 Å². The SMILES string of the molecule is CON(CCCc1ccc(F)cc1)C(=O)CC(=O)C(=O)NS(C)(=O)=O. The molecule has 0 aliphatic carbocycles. The molecule has 2 amide bonds. The van der Waals surface area contributed by atoms with Crippen molar-refractivity contribution in [1.29, 1.82) is 0 Å². The predicted molar refractivity (Wildman–Crippen MR) is 86.1 cm³/mol. The molecular formula is C15H19FN2O6S. The lowest BCUT2D eigenvalue weighted by molar-refractivity contribution is -0.177. The van der Waals surface area contributed by atoms with E-state index in [4.69, 9.17) is 4.84 Å². The number of ketones is 1. The van der Waals surface area contributed by atoms with Crippen LogP contribution in [0.3, 0.4) is 0 Å². The van der Waals surface area contributed by atoms with E-state index < -0.39 is 34.0 Å². The van der Waals surface area contributed by atoms with Gasteiger partial charge in [0.15, 0.2) is 0 Å². The monoisotopic (exact) mass is 374 g/mol. The number of carbonyl (C=O) groups excluding carboxylic acids is 3. The molecule has 10 heteroatoms. The van der Waals surface area contributed by atoms with Crippen molar-refractivity contribution in [3.8, 4) is 0 Å². The summed E-state index contributed by atoms with van der Waals surface area (Å²) >= 11 is 0. The fourth-order valence-electron chi connectivity index (χ4n) is 1.93. The summed E-state index contributed by atoms with van der Waals surface area (Å²) in [7, 11) is -2.65. The highest BCUT2D eigenvalue weighted by molar-refractivity contribution is 7.89. The van der Waals surface area contributed by atoms with E-state index in [9.17, 15) is 27.2 Å². The van der Waals surface area contributed by atoms with Gasteiger partial charge in [-0.15, -0.1) is 0 Å². The third-order valence-corrected chi connectivity index (χ3v) is 3.64. The highest BCUT2D eigenvalue weighted by atomic mass is 32.2. The number of sulfonamides is 1. The average Bonchev–Trinajstić information content (AvgIpc) is 2.51. The maximum absolute atomic E-state index is 12.8. The Kier molecular flexibility index (Phi) is 7.65. The number of nitrogens with zero attached hydrogens (tertiary/aromatic N) is 1. The molecule has 0 aliphatic rings. The van der Waals surface area contributed by atoms with Gasteiger partial charge >= 0.3 is 5.91 Å². The Hall–Kier alpha value is -2.33. The van der Waals surface area contributed by atoms with Crippen molar-refractivity contribution in [2.24, 2.45) is 0 Å². The van der Waals surface area contributed by atoms with E-state index in [1.165, 1.54) is 24.0 Å². The summed E-state index contributed by atoms with van der Waals surface area (Å²) in [5.41, 5.74) is 0.869. The molecule has 0 spiro atoms. The number of carbonyl (C=O) groups is 3. The summed E-state index contributed by atoms with van der Waals surface area (Å²) in [6.07, 6.45) is 0.938. The van der Waals surface area contributed by atoms with Crippen LogP contribution < -0.4 is 4.72 Å². The lowest BCUT2D eigenvalue weighted by atomic mass is 10.1. The van der Waals surface area contributed by atoms with E-state index in [1.54, 1.807) is 12.1 Å².